The van der Waals surface area contributed by atoms with E-state index in [0.29, 0.717) is 11.6 Å². The third kappa shape index (κ3) is 4.18. The molecule has 1 fully saturated rings. The van der Waals surface area contributed by atoms with Gasteiger partial charge in [-0.1, -0.05) is 6.07 Å². The van der Waals surface area contributed by atoms with Gasteiger partial charge in [0.05, 0.1) is 12.8 Å². The Balaban J connectivity index is 1.50. The van der Waals surface area contributed by atoms with Gasteiger partial charge in [-0.2, -0.15) is 0 Å². The van der Waals surface area contributed by atoms with Crippen LogP contribution in [-0.2, 0) is 6.54 Å². The molecule has 124 valence electrons. The first kappa shape index (κ1) is 16.1. The van der Waals surface area contributed by atoms with Crippen molar-refractivity contribution >= 4 is 0 Å². The lowest BCUT2D eigenvalue weighted by molar-refractivity contribution is 0.174. The molecule has 23 heavy (non-hydrogen) atoms. The molecule has 0 spiro atoms. The highest BCUT2D eigenvalue weighted by Crippen LogP contribution is 2.21. The quantitative estimate of drug-likeness (QED) is 0.906. The highest BCUT2D eigenvalue weighted by Gasteiger charge is 2.22. The maximum Gasteiger partial charge on any atom is 0.130 e. The van der Waals surface area contributed by atoms with Crippen molar-refractivity contribution in [3.05, 3.63) is 59.6 Å². The molecule has 1 aliphatic heterocycles. The van der Waals surface area contributed by atoms with Crippen LogP contribution in [0.3, 0.4) is 0 Å². The van der Waals surface area contributed by atoms with Crippen LogP contribution in [0.2, 0.25) is 0 Å². The zero-order chi connectivity index (χ0) is 16.2. The van der Waals surface area contributed by atoms with E-state index in [9.17, 15) is 8.78 Å². The average Bonchev–Trinajstić information content (AvgIpc) is 3.02. The third-order valence-electron chi connectivity index (χ3n) is 4.46. The van der Waals surface area contributed by atoms with Gasteiger partial charge in [-0.15, -0.1) is 0 Å². The summed E-state index contributed by atoms with van der Waals surface area (Å²) in [5.41, 5.74) is 0.518. The number of rotatable bonds is 5. The van der Waals surface area contributed by atoms with Gasteiger partial charge in [-0.3, -0.25) is 4.90 Å². The highest BCUT2D eigenvalue weighted by molar-refractivity contribution is 5.21. The van der Waals surface area contributed by atoms with Crippen molar-refractivity contribution in [2.24, 2.45) is 0 Å². The Morgan fingerprint density at radius 1 is 1.26 bits per heavy atom. The first-order valence-electron chi connectivity index (χ1n) is 8.07. The molecule has 0 saturated carbocycles. The summed E-state index contributed by atoms with van der Waals surface area (Å²) in [6.45, 7) is 4.72. The fourth-order valence-electron chi connectivity index (χ4n) is 3.18. The molecule has 2 aromatic rings. The largest absolute Gasteiger partial charge is 0.468 e. The molecule has 3 rings (SSSR count). The minimum Gasteiger partial charge on any atom is -0.468 e. The lowest BCUT2D eigenvalue weighted by atomic mass is 10.0. The van der Waals surface area contributed by atoms with Crippen LogP contribution in [0.25, 0.3) is 0 Å². The summed E-state index contributed by atoms with van der Waals surface area (Å²) in [5.74, 6) is -0.0388. The van der Waals surface area contributed by atoms with Gasteiger partial charge in [0, 0.05) is 36.8 Å². The molecular formula is C18H22F2N2O. The van der Waals surface area contributed by atoms with Crippen LogP contribution in [0.5, 0.6) is 0 Å². The van der Waals surface area contributed by atoms with E-state index < -0.39 is 11.6 Å². The van der Waals surface area contributed by atoms with Crippen molar-refractivity contribution in [2.45, 2.75) is 38.4 Å². The van der Waals surface area contributed by atoms with Gasteiger partial charge < -0.3 is 9.73 Å². The lowest BCUT2D eigenvalue weighted by Gasteiger charge is -2.33. The summed E-state index contributed by atoms with van der Waals surface area (Å²) in [6.07, 6.45) is 3.71. The van der Waals surface area contributed by atoms with Crippen LogP contribution in [-0.4, -0.2) is 24.0 Å². The fourth-order valence-corrected chi connectivity index (χ4v) is 3.18. The van der Waals surface area contributed by atoms with Crippen LogP contribution in [0, 0.1) is 11.6 Å². The van der Waals surface area contributed by atoms with Gasteiger partial charge in [0.25, 0.3) is 0 Å². The second-order valence-corrected chi connectivity index (χ2v) is 6.18. The Morgan fingerprint density at radius 2 is 2.04 bits per heavy atom. The van der Waals surface area contributed by atoms with Gasteiger partial charge >= 0.3 is 0 Å². The Kier molecular flexibility index (Phi) is 5.08. The van der Waals surface area contributed by atoms with Crippen LogP contribution < -0.4 is 5.32 Å². The third-order valence-corrected chi connectivity index (χ3v) is 4.46. The molecule has 1 aromatic heterocycles. The predicted octanol–water partition coefficient (Wildman–Crippen LogP) is 3.87. The Morgan fingerprint density at radius 3 is 2.70 bits per heavy atom. The molecule has 3 nitrogen and oxygen atoms in total. The van der Waals surface area contributed by atoms with E-state index >= 15 is 0 Å². The number of hydrogen-bond donors (Lipinski definition) is 1. The van der Waals surface area contributed by atoms with Gasteiger partial charge in [-0.05, 0) is 38.0 Å². The minimum atomic E-state index is -0.537. The molecule has 0 amide bonds. The summed E-state index contributed by atoms with van der Waals surface area (Å²) in [4.78, 5) is 2.36. The Hall–Kier alpha value is -1.72. The number of halogens is 2. The van der Waals surface area contributed by atoms with E-state index in [4.69, 9.17) is 4.42 Å². The molecule has 5 heteroatoms. The highest BCUT2D eigenvalue weighted by atomic mass is 19.1. The number of likely N-dealkylation sites (tertiary alicyclic amines) is 1. The van der Waals surface area contributed by atoms with Gasteiger partial charge in [0.2, 0.25) is 0 Å². The van der Waals surface area contributed by atoms with Crippen LogP contribution in [0.4, 0.5) is 8.78 Å². The molecule has 1 aliphatic rings. The molecule has 1 N–H and O–H groups in total. The Labute approximate surface area is 135 Å². The molecular weight excluding hydrogens is 298 g/mol. The van der Waals surface area contributed by atoms with Gasteiger partial charge in [0.1, 0.15) is 17.4 Å². The monoisotopic (exact) mass is 320 g/mol. The first-order valence-corrected chi connectivity index (χ1v) is 8.07. The standard InChI is InChI=1S/C18H22F2N2O/c1-13(17-5-4-14(19)11-18(17)20)21-15-6-8-22(9-7-15)12-16-3-2-10-23-16/h2-5,10-11,13,15,21H,6-9,12H2,1H3. The molecule has 1 unspecified atom stereocenters. The molecule has 1 atom stereocenters. The molecule has 2 heterocycles. The van der Waals surface area contributed by atoms with E-state index in [1.54, 1.807) is 6.26 Å². The van der Waals surface area contributed by atoms with Crippen LogP contribution in [0.1, 0.15) is 37.1 Å². The minimum absolute atomic E-state index is 0.128. The van der Waals surface area contributed by atoms with Crippen molar-refractivity contribution in [2.75, 3.05) is 13.1 Å². The Bertz CT molecular complexity index is 622. The topological polar surface area (TPSA) is 28.4 Å². The zero-order valence-electron chi connectivity index (χ0n) is 13.3. The summed E-state index contributed by atoms with van der Waals surface area (Å²) in [6, 6.07) is 7.89. The predicted molar refractivity (Wildman–Crippen MR) is 84.9 cm³/mol. The molecule has 1 saturated heterocycles. The van der Waals surface area contributed by atoms with Gasteiger partial charge in [0.15, 0.2) is 0 Å². The smallest absolute Gasteiger partial charge is 0.130 e. The molecule has 0 bridgehead atoms. The number of piperidine rings is 1. The maximum atomic E-state index is 13.8. The van der Waals surface area contributed by atoms with E-state index in [2.05, 4.69) is 10.2 Å². The van der Waals surface area contributed by atoms with Crippen molar-refractivity contribution < 1.29 is 13.2 Å². The number of hydrogen-bond acceptors (Lipinski definition) is 3. The summed E-state index contributed by atoms with van der Waals surface area (Å²) >= 11 is 0. The normalized spacial score (nSPS) is 18.2. The van der Waals surface area contributed by atoms with Crippen molar-refractivity contribution in [3.8, 4) is 0 Å². The number of furan rings is 1. The second-order valence-electron chi connectivity index (χ2n) is 6.18. The van der Waals surface area contributed by atoms with E-state index in [1.807, 2.05) is 19.1 Å². The average molecular weight is 320 g/mol. The first-order chi connectivity index (χ1) is 11.1. The SMILES string of the molecule is CC(NC1CCN(Cc2ccco2)CC1)c1ccc(F)cc1F. The number of benzene rings is 1. The molecule has 0 radical (unpaired) electrons. The second kappa shape index (κ2) is 7.23. The van der Waals surface area contributed by atoms with Crippen LogP contribution >= 0.6 is 0 Å². The fraction of sp³-hybridized carbons (Fsp3) is 0.444. The molecule has 1 aromatic carbocycles. The van der Waals surface area contributed by atoms with E-state index in [0.717, 1.165) is 44.3 Å². The maximum absolute atomic E-state index is 13.8. The summed E-state index contributed by atoms with van der Waals surface area (Å²) < 4.78 is 32.2. The lowest BCUT2D eigenvalue weighted by Crippen LogP contribution is -2.43. The zero-order valence-corrected chi connectivity index (χ0v) is 13.3. The molecule has 0 aliphatic carbocycles. The summed E-state index contributed by atoms with van der Waals surface area (Å²) in [5, 5.41) is 3.46. The van der Waals surface area contributed by atoms with Crippen LogP contribution in [0.15, 0.2) is 41.0 Å². The number of nitrogens with zero attached hydrogens (tertiary/aromatic N) is 1. The van der Waals surface area contributed by atoms with Crippen molar-refractivity contribution in [3.63, 3.8) is 0 Å². The number of nitrogens with one attached hydrogen (secondary N) is 1. The van der Waals surface area contributed by atoms with E-state index in [-0.39, 0.29) is 6.04 Å². The van der Waals surface area contributed by atoms with Crippen molar-refractivity contribution in [1.29, 1.82) is 0 Å². The van der Waals surface area contributed by atoms with Gasteiger partial charge in [-0.25, -0.2) is 8.78 Å². The van der Waals surface area contributed by atoms with E-state index in [1.165, 1.54) is 12.1 Å². The van der Waals surface area contributed by atoms with Crippen molar-refractivity contribution in [1.82, 2.24) is 10.2 Å². The summed E-state index contributed by atoms with van der Waals surface area (Å²) in [7, 11) is 0.